The number of piperidine rings is 1. The third kappa shape index (κ3) is 5.93. The molecule has 2 heterocycles. The fourth-order valence-electron chi connectivity index (χ4n) is 4.19. The van der Waals surface area contributed by atoms with E-state index in [2.05, 4.69) is 37.6 Å². The number of aliphatic imine (C=N–C) groups is 1. The van der Waals surface area contributed by atoms with E-state index in [9.17, 15) is 4.21 Å². The largest absolute Gasteiger partial charge is 0.357 e. The van der Waals surface area contributed by atoms with Gasteiger partial charge in [-0.1, -0.05) is 13.3 Å². The summed E-state index contributed by atoms with van der Waals surface area (Å²) in [7, 11) is 1.11. The van der Waals surface area contributed by atoms with Crippen molar-refractivity contribution in [3.63, 3.8) is 0 Å². The number of hydrogen-bond donors (Lipinski definition) is 2. The number of nitrogens with zero attached hydrogens (tertiary/aromatic N) is 3. The number of hydrogen-bond acceptors (Lipinski definition) is 4. The van der Waals surface area contributed by atoms with Crippen molar-refractivity contribution in [1.29, 1.82) is 0 Å². The van der Waals surface area contributed by atoms with Crippen molar-refractivity contribution >= 4 is 22.6 Å². The summed E-state index contributed by atoms with van der Waals surface area (Å²) >= 11 is 0. The Hall–Kier alpha value is -1.63. The minimum absolute atomic E-state index is 0.321. The molecule has 1 aliphatic heterocycles. The molecular formula is C21H35N5OS. The van der Waals surface area contributed by atoms with Crippen molar-refractivity contribution in [3.8, 4) is 0 Å². The smallest absolute Gasteiger partial charge is 0.191 e. The van der Waals surface area contributed by atoms with E-state index < -0.39 is 10.8 Å². The number of rotatable bonds is 6. The first-order chi connectivity index (χ1) is 13.7. The average molecular weight is 406 g/mol. The van der Waals surface area contributed by atoms with Crippen LogP contribution in [0.4, 0.5) is 5.82 Å². The number of anilines is 1. The van der Waals surface area contributed by atoms with Crippen LogP contribution in [0.2, 0.25) is 0 Å². The van der Waals surface area contributed by atoms with Gasteiger partial charge in [-0.3, -0.25) is 9.20 Å². The first-order valence-corrected chi connectivity index (χ1v) is 12.1. The summed E-state index contributed by atoms with van der Waals surface area (Å²) in [5, 5.41) is 7.30. The van der Waals surface area contributed by atoms with E-state index in [1.165, 1.54) is 24.8 Å². The summed E-state index contributed by atoms with van der Waals surface area (Å²) in [6, 6.07) is 4.60. The van der Waals surface area contributed by atoms with Gasteiger partial charge in [-0.2, -0.15) is 0 Å². The van der Waals surface area contributed by atoms with Gasteiger partial charge in [-0.15, -0.1) is 0 Å². The number of pyridine rings is 1. The van der Waals surface area contributed by atoms with Crippen LogP contribution in [0.1, 0.15) is 57.4 Å². The molecule has 1 aliphatic carbocycles. The molecule has 0 aromatic carbocycles. The second-order valence-corrected chi connectivity index (χ2v) is 9.80. The SMILES string of the molecule is CCS(=O)C1CCCC(NC(=NC)NCc2ccnc(N3CCCCC3)c2)C1. The maximum atomic E-state index is 12.2. The van der Waals surface area contributed by atoms with Crippen LogP contribution in [0.15, 0.2) is 23.3 Å². The van der Waals surface area contributed by atoms with Crippen LogP contribution in [-0.4, -0.2) is 52.3 Å². The van der Waals surface area contributed by atoms with E-state index in [4.69, 9.17) is 0 Å². The fraction of sp³-hybridized carbons (Fsp3) is 0.714. The van der Waals surface area contributed by atoms with Crippen LogP contribution >= 0.6 is 0 Å². The highest BCUT2D eigenvalue weighted by atomic mass is 32.2. The zero-order valence-electron chi connectivity index (χ0n) is 17.3. The lowest BCUT2D eigenvalue weighted by molar-refractivity contribution is 0.413. The van der Waals surface area contributed by atoms with E-state index in [-0.39, 0.29) is 0 Å². The Bertz CT molecular complexity index is 675. The van der Waals surface area contributed by atoms with Gasteiger partial charge in [-0.25, -0.2) is 4.98 Å². The quantitative estimate of drug-likeness (QED) is 0.563. The highest BCUT2D eigenvalue weighted by molar-refractivity contribution is 7.85. The molecule has 3 atom stereocenters. The van der Waals surface area contributed by atoms with Crippen molar-refractivity contribution in [2.75, 3.05) is 30.8 Å². The Labute approximate surface area is 172 Å². The summed E-state index contributed by atoms with van der Waals surface area (Å²) in [6.45, 7) is 4.95. The molecule has 2 N–H and O–H groups in total. The molecule has 1 aromatic rings. The monoisotopic (exact) mass is 405 g/mol. The second-order valence-electron chi connectivity index (χ2n) is 7.80. The minimum Gasteiger partial charge on any atom is -0.357 e. The van der Waals surface area contributed by atoms with Crippen molar-refractivity contribution < 1.29 is 4.21 Å². The van der Waals surface area contributed by atoms with Crippen LogP contribution in [0.3, 0.4) is 0 Å². The lowest BCUT2D eigenvalue weighted by Crippen LogP contribution is -2.46. The third-order valence-electron chi connectivity index (χ3n) is 5.80. The Balaban J connectivity index is 1.52. The summed E-state index contributed by atoms with van der Waals surface area (Å²) in [5.74, 6) is 2.66. The van der Waals surface area contributed by atoms with E-state index in [1.54, 1.807) is 0 Å². The van der Waals surface area contributed by atoms with Crippen molar-refractivity contribution in [2.24, 2.45) is 4.99 Å². The zero-order chi connectivity index (χ0) is 19.8. The standard InChI is InChI=1S/C21H35N5OS/c1-3-28(27)19-9-7-8-18(15-19)25-21(22-2)24-16-17-10-11-23-20(14-17)26-12-5-4-6-13-26/h10-11,14,18-19H,3-9,12-13,15-16H2,1-2H3,(H2,22,24,25). The summed E-state index contributed by atoms with van der Waals surface area (Å²) in [5.41, 5.74) is 1.21. The van der Waals surface area contributed by atoms with Gasteiger partial charge < -0.3 is 15.5 Å². The molecule has 3 rings (SSSR count). The highest BCUT2D eigenvalue weighted by Crippen LogP contribution is 2.23. The van der Waals surface area contributed by atoms with Crippen LogP contribution in [0.25, 0.3) is 0 Å². The number of nitrogens with one attached hydrogen (secondary N) is 2. The minimum atomic E-state index is -0.702. The Morgan fingerprint density at radius 2 is 2.11 bits per heavy atom. The topological polar surface area (TPSA) is 69.6 Å². The molecule has 2 aliphatic rings. The lowest BCUT2D eigenvalue weighted by Gasteiger charge is -2.30. The van der Waals surface area contributed by atoms with Crippen LogP contribution in [0.5, 0.6) is 0 Å². The Morgan fingerprint density at radius 1 is 1.29 bits per heavy atom. The lowest BCUT2D eigenvalue weighted by atomic mass is 9.95. The maximum Gasteiger partial charge on any atom is 0.191 e. The van der Waals surface area contributed by atoms with Gasteiger partial charge in [-0.05, 0) is 56.2 Å². The summed E-state index contributed by atoms with van der Waals surface area (Å²) in [6.07, 6.45) is 10.0. The molecule has 0 radical (unpaired) electrons. The van der Waals surface area contributed by atoms with Gasteiger partial charge in [0.1, 0.15) is 5.82 Å². The molecule has 3 unspecified atom stereocenters. The normalized spacial score (nSPS) is 24.6. The van der Waals surface area contributed by atoms with Crippen LogP contribution < -0.4 is 15.5 Å². The molecule has 0 spiro atoms. The third-order valence-corrected chi connectivity index (χ3v) is 7.54. The molecular weight excluding hydrogens is 370 g/mol. The van der Waals surface area contributed by atoms with Crippen molar-refractivity contribution in [3.05, 3.63) is 23.9 Å². The van der Waals surface area contributed by atoms with Gasteiger partial charge in [0, 0.05) is 60.7 Å². The molecule has 1 saturated carbocycles. The molecule has 1 aromatic heterocycles. The van der Waals surface area contributed by atoms with E-state index in [1.807, 2.05) is 20.2 Å². The maximum absolute atomic E-state index is 12.2. The highest BCUT2D eigenvalue weighted by Gasteiger charge is 2.26. The van der Waals surface area contributed by atoms with Gasteiger partial charge in [0.15, 0.2) is 5.96 Å². The van der Waals surface area contributed by atoms with Crippen LogP contribution in [0, 0.1) is 0 Å². The zero-order valence-corrected chi connectivity index (χ0v) is 18.1. The van der Waals surface area contributed by atoms with E-state index >= 15 is 0 Å². The molecule has 156 valence electrons. The predicted molar refractivity (Wildman–Crippen MR) is 118 cm³/mol. The molecule has 28 heavy (non-hydrogen) atoms. The fourth-order valence-corrected chi connectivity index (χ4v) is 5.54. The van der Waals surface area contributed by atoms with E-state index in [0.29, 0.717) is 11.3 Å². The molecule has 0 bridgehead atoms. The first kappa shape index (κ1) is 21.1. The molecule has 2 fully saturated rings. The number of aromatic nitrogens is 1. The summed E-state index contributed by atoms with van der Waals surface area (Å²) < 4.78 is 12.2. The first-order valence-electron chi connectivity index (χ1n) is 10.7. The van der Waals surface area contributed by atoms with E-state index in [0.717, 1.165) is 62.8 Å². The Kier molecular flexibility index (Phi) is 8.13. The van der Waals surface area contributed by atoms with Crippen LogP contribution in [-0.2, 0) is 17.3 Å². The van der Waals surface area contributed by atoms with Gasteiger partial charge >= 0.3 is 0 Å². The molecule has 1 saturated heterocycles. The molecule has 6 nitrogen and oxygen atoms in total. The number of guanidine groups is 1. The Morgan fingerprint density at radius 3 is 2.86 bits per heavy atom. The van der Waals surface area contributed by atoms with Crippen molar-refractivity contribution in [2.45, 2.75) is 69.7 Å². The summed E-state index contributed by atoms with van der Waals surface area (Å²) in [4.78, 5) is 11.3. The van der Waals surface area contributed by atoms with Crippen molar-refractivity contribution in [1.82, 2.24) is 15.6 Å². The van der Waals surface area contributed by atoms with Gasteiger partial charge in [0.25, 0.3) is 0 Å². The van der Waals surface area contributed by atoms with Gasteiger partial charge in [0.2, 0.25) is 0 Å². The average Bonchev–Trinajstić information content (AvgIpc) is 2.77. The molecule has 0 amide bonds. The predicted octanol–water partition coefficient (Wildman–Crippen LogP) is 2.82. The van der Waals surface area contributed by atoms with Gasteiger partial charge in [0.05, 0.1) is 0 Å². The second kappa shape index (κ2) is 10.8. The molecule has 7 heteroatoms.